The Labute approximate surface area is 238 Å². The molecule has 0 spiro atoms. The van der Waals surface area contributed by atoms with Crippen molar-refractivity contribution in [3.8, 4) is 6.07 Å². The molecule has 0 aliphatic carbocycles. The number of hydrogen-bond donors (Lipinski definition) is 3. The SMILES string of the molecule is C=CC(CC)N(CCOC(=O)N[C@@H](Cc1ccccc1)B(O)O)C(=O)C(C)(C#N)CC(C)(C)N1CC2CC(C1)O2. The van der Waals surface area contributed by atoms with E-state index in [0.717, 1.165) is 25.1 Å². The second-order valence-corrected chi connectivity index (χ2v) is 11.7. The summed E-state index contributed by atoms with van der Waals surface area (Å²) >= 11 is 0. The number of hydrogen-bond acceptors (Lipinski definition) is 8. The number of carbonyl (C=O) groups excluding carboxylic acids is 2. The van der Waals surface area contributed by atoms with Crippen molar-refractivity contribution in [2.24, 2.45) is 5.41 Å². The normalized spacial score (nSPS) is 21.5. The number of nitriles is 1. The van der Waals surface area contributed by atoms with Gasteiger partial charge in [0.05, 0.1) is 30.8 Å². The molecular weight excluding hydrogens is 511 g/mol. The van der Waals surface area contributed by atoms with Gasteiger partial charge >= 0.3 is 13.2 Å². The smallest absolute Gasteiger partial charge is 0.448 e. The van der Waals surface area contributed by atoms with Crippen LogP contribution in [0.1, 0.15) is 52.5 Å². The molecule has 11 heteroatoms. The molecule has 3 saturated heterocycles. The molecule has 1 aromatic carbocycles. The van der Waals surface area contributed by atoms with Crippen molar-refractivity contribution >= 4 is 19.1 Å². The number of morpholine rings is 1. The van der Waals surface area contributed by atoms with Gasteiger partial charge in [0.1, 0.15) is 12.0 Å². The number of rotatable bonds is 14. The van der Waals surface area contributed by atoms with Gasteiger partial charge in [-0.25, -0.2) is 4.79 Å². The zero-order valence-electron chi connectivity index (χ0n) is 24.1. The molecule has 3 fully saturated rings. The van der Waals surface area contributed by atoms with E-state index in [2.05, 4.69) is 36.7 Å². The van der Waals surface area contributed by atoms with E-state index in [4.69, 9.17) is 9.47 Å². The highest BCUT2D eigenvalue weighted by Crippen LogP contribution is 2.38. The van der Waals surface area contributed by atoms with E-state index in [1.807, 2.05) is 37.3 Å². The zero-order valence-corrected chi connectivity index (χ0v) is 24.1. The lowest BCUT2D eigenvalue weighted by Crippen LogP contribution is -2.63. The van der Waals surface area contributed by atoms with E-state index in [9.17, 15) is 24.9 Å². The average Bonchev–Trinajstić information content (AvgIpc) is 2.92. The summed E-state index contributed by atoms with van der Waals surface area (Å²) in [4.78, 5) is 30.3. The van der Waals surface area contributed by atoms with Crippen molar-refractivity contribution in [1.29, 1.82) is 5.26 Å². The van der Waals surface area contributed by atoms with Crippen LogP contribution in [0.25, 0.3) is 0 Å². The van der Waals surface area contributed by atoms with Crippen LogP contribution in [0, 0.1) is 16.7 Å². The van der Waals surface area contributed by atoms with Gasteiger partial charge in [-0.2, -0.15) is 5.26 Å². The lowest BCUT2D eigenvalue weighted by molar-refractivity contribution is -0.199. The lowest BCUT2D eigenvalue weighted by atomic mass is 9.76. The first-order valence-electron chi connectivity index (χ1n) is 14.0. The Hall–Kier alpha value is -2.91. The van der Waals surface area contributed by atoms with Crippen LogP contribution >= 0.6 is 0 Å². The molecule has 218 valence electrons. The van der Waals surface area contributed by atoms with Gasteiger partial charge in [0.2, 0.25) is 5.91 Å². The van der Waals surface area contributed by atoms with Crippen LogP contribution in [-0.2, 0) is 20.7 Å². The van der Waals surface area contributed by atoms with Crippen molar-refractivity contribution in [2.45, 2.75) is 83.1 Å². The summed E-state index contributed by atoms with van der Waals surface area (Å²) in [6, 6.07) is 11.1. The summed E-state index contributed by atoms with van der Waals surface area (Å²) in [5.41, 5.74) is -0.897. The van der Waals surface area contributed by atoms with Crippen molar-refractivity contribution in [2.75, 3.05) is 26.2 Å². The Morgan fingerprint density at radius 3 is 2.45 bits per heavy atom. The van der Waals surface area contributed by atoms with Gasteiger partial charge in [-0.3, -0.25) is 9.69 Å². The van der Waals surface area contributed by atoms with E-state index in [-0.39, 0.29) is 43.7 Å². The highest BCUT2D eigenvalue weighted by atomic mass is 16.5. The summed E-state index contributed by atoms with van der Waals surface area (Å²) < 4.78 is 11.1. The summed E-state index contributed by atoms with van der Waals surface area (Å²) in [5.74, 6) is -1.32. The fourth-order valence-electron chi connectivity index (χ4n) is 5.77. The van der Waals surface area contributed by atoms with Gasteiger partial charge in [-0.15, -0.1) is 6.58 Å². The largest absolute Gasteiger partial charge is 0.475 e. The van der Waals surface area contributed by atoms with E-state index in [0.29, 0.717) is 12.8 Å². The number of ether oxygens (including phenoxy) is 2. The molecule has 4 rings (SSSR count). The number of amides is 2. The van der Waals surface area contributed by atoms with E-state index < -0.39 is 30.1 Å². The minimum atomic E-state index is -1.78. The predicted molar refractivity (Wildman–Crippen MR) is 152 cm³/mol. The molecule has 3 N–H and O–H groups in total. The van der Waals surface area contributed by atoms with Crippen LogP contribution in [0.2, 0.25) is 0 Å². The molecule has 3 heterocycles. The zero-order chi connectivity index (χ0) is 29.5. The molecule has 2 bridgehead atoms. The maximum absolute atomic E-state index is 13.9. The maximum atomic E-state index is 13.9. The third-order valence-electron chi connectivity index (χ3n) is 8.00. The van der Waals surface area contributed by atoms with Gasteiger partial charge in [0, 0.05) is 31.1 Å². The van der Waals surface area contributed by atoms with Crippen LogP contribution < -0.4 is 5.32 Å². The minimum absolute atomic E-state index is 0.0568. The monoisotopic (exact) mass is 554 g/mol. The Balaban J connectivity index is 1.63. The molecule has 0 radical (unpaired) electrons. The van der Waals surface area contributed by atoms with Gasteiger partial charge < -0.3 is 29.7 Å². The fraction of sp³-hybridized carbons (Fsp3) is 0.621. The van der Waals surface area contributed by atoms with Crippen LogP contribution in [0.3, 0.4) is 0 Å². The van der Waals surface area contributed by atoms with Crippen molar-refractivity contribution in [3.05, 3.63) is 48.6 Å². The van der Waals surface area contributed by atoms with Gasteiger partial charge in [0.15, 0.2) is 0 Å². The minimum Gasteiger partial charge on any atom is -0.448 e. The average molecular weight is 554 g/mol. The topological polar surface area (TPSA) is 135 Å². The van der Waals surface area contributed by atoms with Crippen LogP contribution in [-0.4, -0.2) is 94.9 Å². The van der Waals surface area contributed by atoms with Crippen molar-refractivity contribution in [3.63, 3.8) is 0 Å². The first-order chi connectivity index (χ1) is 18.9. The number of piperidine rings is 1. The lowest BCUT2D eigenvalue weighted by Gasteiger charge is -2.53. The van der Waals surface area contributed by atoms with E-state index in [1.54, 1.807) is 17.9 Å². The van der Waals surface area contributed by atoms with Crippen LogP contribution in [0.15, 0.2) is 43.0 Å². The molecule has 3 aliphatic heterocycles. The van der Waals surface area contributed by atoms with Crippen LogP contribution in [0.5, 0.6) is 0 Å². The number of nitrogens with one attached hydrogen (secondary N) is 1. The van der Waals surface area contributed by atoms with Crippen molar-refractivity contribution in [1.82, 2.24) is 15.1 Å². The first kappa shape index (κ1) is 31.6. The Morgan fingerprint density at radius 1 is 1.30 bits per heavy atom. The third kappa shape index (κ3) is 7.85. The second kappa shape index (κ2) is 13.6. The summed E-state index contributed by atoms with van der Waals surface area (Å²) in [6.07, 6.45) is 3.43. The summed E-state index contributed by atoms with van der Waals surface area (Å²) in [7, 11) is -1.78. The van der Waals surface area contributed by atoms with E-state index >= 15 is 0 Å². The Morgan fingerprint density at radius 2 is 1.93 bits per heavy atom. The van der Waals surface area contributed by atoms with Gasteiger partial charge in [-0.05, 0) is 45.6 Å². The Kier molecular flexibility index (Phi) is 10.8. The van der Waals surface area contributed by atoms with Crippen molar-refractivity contribution < 1.29 is 29.1 Å². The quantitative estimate of drug-likeness (QED) is 0.236. The highest BCUT2D eigenvalue weighted by Gasteiger charge is 2.48. The molecule has 5 atom stereocenters. The Bertz CT molecular complexity index is 1050. The summed E-state index contributed by atoms with van der Waals surface area (Å²) in [6.45, 7) is 13.1. The third-order valence-corrected chi connectivity index (χ3v) is 8.00. The molecular formula is C29H43BN4O6. The maximum Gasteiger partial charge on any atom is 0.475 e. The number of carbonyl (C=O) groups is 2. The molecule has 1 aromatic rings. The van der Waals surface area contributed by atoms with Gasteiger partial charge in [-0.1, -0.05) is 43.3 Å². The van der Waals surface area contributed by atoms with Crippen LogP contribution in [0.4, 0.5) is 4.79 Å². The molecule has 40 heavy (non-hydrogen) atoms. The number of alkyl carbamates (subject to hydrolysis) is 1. The predicted octanol–water partition coefficient (Wildman–Crippen LogP) is 2.30. The number of benzene rings is 1. The number of fused-ring (bicyclic) bond motifs is 2. The molecule has 0 aromatic heterocycles. The fourth-order valence-corrected chi connectivity index (χ4v) is 5.77. The molecule has 2 amide bonds. The first-order valence-corrected chi connectivity index (χ1v) is 14.0. The second-order valence-electron chi connectivity index (χ2n) is 11.7. The molecule has 3 aliphatic rings. The summed E-state index contributed by atoms with van der Waals surface area (Å²) in [5, 5.41) is 32.2. The molecule has 10 nitrogen and oxygen atoms in total. The standard InChI is InChI=1S/C29H43BN4O6/c1-6-22(7-2)34(13-14-39-27(36)32-25(30(37)38)15-21-11-9-8-10-12-21)26(35)29(5,20-31)19-28(3,4)33-17-23-16-24(18-33)40-23/h6,8-12,22-25,37-38H,1,7,13-19H2,2-5H3,(H,32,36)/t22?,23?,24?,25-,29?/m0/s1. The van der Waals surface area contributed by atoms with E-state index in [1.165, 1.54) is 0 Å². The number of nitrogens with zero attached hydrogens (tertiary/aromatic N) is 3. The highest BCUT2D eigenvalue weighted by molar-refractivity contribution is 6.43. The molecule has 0 saturated carbocycles. The van der Waals surface area contributed by atoms with Gasteiger partial charge in [0.25, 0.3) is 0 Å². The molecule has 4 unspecified atom stereocenters.